The standard InChI is InChI=1S/C33H62O4/c1-3-5-6-7-8-9-10-11-12-13-14-15-16-17-18-19-20-21-22-23-24-25-26-27-28-31(33(35)36)30-32(34)37-29-4-2/h5-6,31H,3-4,7-30H2,1-2H3,(H,35,36)/b6-5+. The lowest BCUT2D eigenvalue weighted by Crippen LogP contribution is -2.19. The zero-order valence-corrected chi connectivity index (χ0v) is 24.8. The van der Waals surface area contributed by atoms with E-state index in [0.29, 0.717) is 13.0 Å². The molecule has 0 saturated heterocycles. The average molecular weight is 523 g/mol. The molecule has 0 spiro atoms. The Morgan fingerprint density at radius 1 is 0.622 bits per heavy atom. The highest BCUT2D eigenvalue weighted by atomic mass is 16.5. The summed E-state index contributed by atoms with van der Waals surface area (Å²) in [6.45, 7) is 4.51. The maximum absolute atomic E-state index is 11.7. The van der Waals surface area contributed by atoms with Crippen LogP contribution in [0.5, 0.6) is 0 Å². The van der Waals surface area contributed by atoms with Crippen LogP contribution in [0.2, 0.25) is 0 Å². The maximum Gasteiger partial charge on any atom is 0.307 e. The monoisotopic (exact) mass is 522 g/mol. The predicted molar refractivity (Wildman–Crippen MR) is 158 cm³/mol. The molecule has 1 N–H and O–H groups in total. The molecule has 4 heteroatoms. The van der Waals surface area contributed by atoms with Crippen molar-refractivity contribution in [2.24, 2.45) is 5.92 Å². The molecule has 218 valence electrons. The molecule has 37 heavy (non-hydrogen) atoms. The normalized spacial score (nSPS) is 12.3. The predicted octanol–water partition coefficient (Wildman–Crippen LogP) is 10.6. The topological polar surface area (TPSA) is 63.6 Å². The first kappa shape index (κ1) is 35.7. The second kappa shape index (κ2) is 29.2. The van der Waals surface area contributed by atoms with Gasteiger partial charge in [-0.1, -0.05) is 148 Å². The fourth-order valence-corrected chi connectivity index (χ4v) is 4.91. The summed E-state index contributed by atoms with van der Waals surface area (Å²) >= 11 is 0. The van der Waals surface area contributed by atoms with Gasteiger partial charge >= 0.3 is 11.9 Å². The number of carboxylic acids is 1. The molecule has 0 amide bonds. The van der Waals surface area contributed by atoms with Crippen LogP contribution in [0.1, 0.15) is 174 Å². The molecule has 0 fully saturated rings. The van der Waals surface area contributed by atoms with Crippen molar-refractivity contribution in [1.29, 1.82) is 0 Å². The van der Waals surface area contributed by atoms with Crippen LogP contribution >= 0.6 is 0 Å². The largest absolute Gasteiger partial charge is 0.481 e. The first-order chi connectivity index (χ1) is 18.1. The molecule has 4 nitrogen and oxygen atoms in total. The molecule has 0 aromatic rings. The van der Waals surface area contributed by atoms with E-state index in [-0.39, 0.29) is 12.4 Å². The molecule has 0 aromatic carbocycles. The van der Waals surface area contributed by atoms with Crippen LogP contribution in [0.4, 0.5) is 0 Å². The van der Waals surface area contributed by atoms with Crippen molar-refractivity contribution < 1.29 is 19.4 Å². The molecular weight excluding hydrogens is 460 g/mol. The highest BCUT2D eigenvalue weighted by molar-refractivity contribution is 5.78. The van der Waals surface area contributed by atoms with Gasteiger partial charge < -0.3 is 9.84 Å². The van der Waals surface area contributed by atoms with E-state index >= 15 is 0 Å². The number of aliphatic carboxylic acids is 1. The quantitative estimate of drug-likeness (QED) is 0.0602. The number of carboxylic acid groups (broad SMARTS) is 1. The minimum Gasteiger partial charge on any atom is -0.481 e. The second-order valence-corrected chi connectivity index (χ2v) is 11.0. The Balaban J connectivity index is 3.30. The number of ether oxygens (including phenoxy) is 1. The van der Waals surface area contributed by atoms with Crippen LogP contribution in [-0.4, -0.2) is 23.7 Å². The highest BCUT2D eigenvalue weighted by Gasteiger charge is 2.21. The Bertz CT molecular complexity index is 528. The first-order valence-electron chi connectivity index (χ1n) is 16.1. The van der Waals surface area contributed by atoms with Crippen molar-refractivity contribution >= 4 is 11.9 Å². The van der Waals surface area contributed by atoms with Crippen LogP contribution in [0, 0.1) is 5.92 Å². The zero-order valence-electron chi connectivity index (χ0n) is 24.8. The van der Waals surface area contributed by atoms with E-state index in [4.69, 9.17) is 4.74 Å². The summed E-state index contributed by atoms with van der Waals surface area (Å²) in [4.78, 5) is 23.0. The van der Waals surface area contributed by atoms with E-state index in [0.717, 1.165) is 19.3 Å². The Hall–Kier alpha value is -1.32. The van der Waals surface area contributed by atoms with Crippen molar-refractivity contribution in [1.82, 2.24) is 0 Å². The smallest absolute Gasteiger partial charge is 0.307 e. The summed E-state index contributed by atoms with van der Waals surface area (Å²) in [5.74, 6) is -1.85. The minimum atomic E-state index is -0.874. The van der Waals surface area contributed by atoms with Crippen LogP contribution in [0.15, 0.2) is 12.2 Å². The summed E-state index contributed by atoms with van der Waals surface area (Å²) in [5, 5.41) is 9.32. The summed E-state index contributed by atoms with van der Waals surface area (Å²) in [6, 6.07) is 0. The molecule has 0 aliphatic carbocycles. The number of rotatable bonds is 29. The first-order valence-corrected chi connectivity index (χ1v) is 16.1. The van der Waals surface area contributed by atoms with E-state index in [1.165, 1.54) is 128 Å². The van der Waals surface area contributed by atoms with E-state index < -0.39 is 11.9 Å². The maximum atomic E-state index is 11.7. The fraction of sp³-hybridized carbons (Fsp3) is 0.879. The molecule has 0 rings (SSSR count). The Kier molecular flexibility index (Phi) is 28.2. The van der Waals surface area contributed by atoms with Crippen LogP contribution in [0.3, 0.4) is 0 Å². The van der Waals surface area contributed by atoms with Crippen LogP contribution in [0.25, 0.3) is 0 Å². The van der Waals surface area contributed by atoms with Gasteiger partial charge in [-0.25, -0.2) is 0 Å². The van der Waals surface area contributed by atoms with Crippen molar-refractivity contribution in [2.75, 3.05) is 6.61 Å². The van der Waals surface area contributed by atoms with Gasteiger partial charge in [-0.05, 0) is 32.1 Å². The molecule has 0 saturated carbocycles. The Morgan fingerprint density at radius 2 is 1.03 bits per heavy atom. The van der Waals surface area contributed by atoms with Gasteiger partial charge in [-0.2, -0.15) is 0 Å². The highest BCUT2D eigenvalue weighted by Crippen LogP contribution is 2.18. The van der Waals surface area contributed by atoms with Gasteiger partial charge in [0.05, 0.1) is 18.9 Å². The van der Waals surface area contributed by atoms with Gasteiger partial charge in [0.2, 0.25) is 0 Å². The minimum absolute atomic E-state index is 0.00708. The third kappa shape index (κ3) is 27.5. The number of carbonyl (C=O) groups is 2. The summed E-state index contributed by atoms with van der Waals surface area (Å²) in [7, 11) is 0. The zero-order chi connectivity index (χ0) is 27.2. The third-order valence-corrected chi connectivity index (χ3v) is 7.31. The van der Waals surface area contributed by atoms with E-state index in [2.05, 4.69) is 19.1 Å². The van der Waals surface area contributed by atoms with Gasteiger partial charge in [0, 0.05) is 0 Å². The van der Waals surface area contributed by atoms with E-state index in [1.54, 1.807) is 0 Å². The molecule has 0 aliphatic heterocycles. The van der Waals surface area contributed by atoms with E-state index in [9.17, 15) is 14.7 Å². The van der Waals surface area contributed by atoms with E-state index in [1.807, 2.05) is 6.92 Å². The SMILES string of the molecule is CC/C=C/CCCCCCCCCCCCCCCCCCCCCCC(CC(=O)OCCC)C(=O)O. The lowest BCUT2D eigenvalue weighted by Gasteiger charge is -2.11. The van der Waals surface area contributed by atoms with Gasteiger partial charge in [-0.15, -0.1) is 0 Å². The number of allylic oxidation sites excluding steroid dienone is 2. The lowest BCUT2D eigenvalue weighted by atomic mass is 9.97. The number of hydrogen-bond donors (Lipinski definition) is 1. The number of esters is 1. The van der Waals surface area contributed by atoms with Crippen molar-refractivity contribution in [3.05, 3.63) is 12.2 Å². The second-order valence-electron chi connectivity index (χ2n) is 11.0. The van der Waals surface area contributed by atoms with Gasteiger partial charge in [0.25, 0.3) is 0 Å². The Labute approximate surface area is 230 Å². The summed E-state index contributed by atoms with van der Waals surface area (Å²) in [6.07, 6.45) is 35.1. The van der Waals surface area contributed by atoms with Crippen molar-refractivity contribution in [3.63, 3.8) is 0 Å². The molecule has 0 aromatic heterocycles. The molecule has 1 unspecified atom stereocenters. The number of hydrogen-bond acceptors (Lipinski definition) is 3. The van der Waals surface area contributed by atoms with Gasteiger partial charge in [0.15, 0.2) is 0 Å². The van der Waals surface area contributed by atoms with Crippen LogP contribution in [-0.2, 0) is 14.3 Å². The number of unbranched alkanes of at least 4 members (excludes halogenated alkanes) is 20. The lowest BCUT2D eigenvalue weighted by molar-refractivity contribution is -0.151. The molecule has 0 aliphatic rings. The molecule has 0 radical (unpaired) electrons. The Morgan fingerprint density at radius 3 is 1.41 bits per heavy atom. The molecule has 1 atom stereocenters. The molecule has 0 bridgehead atoms. The van der Waals surface area contributed by atoms with Crippen LogP contribution < -0.4 is 0 Å². The van der Waals surface area contributed by atoms with Crippen molar-refractivity contribution in [3.8, 4) is 0 Å². The third-order valence-electron chi connectivity index (χ3n) is 7.31. The fourth-order valence-electron chi connectivity index (χ4n) is 4.91. The number of carbonyl (C=O) groups excluding carboxylic acids is 1. The van der Waals surface area contributed by atoms with Crippen molar-refractivity contribution in [2.45, 2.75) is 174 Å². The van der Waals surface area contributed by atoms with Gasteiger partial charge in [0.1, 0.15) is 0 Å². The summed E-state index contributed by atoms with van der Waals surface area (Å²) < 4.78 is 5.02. The molecular formula is C33H62O4. The average Bonchev–Trinajstić information content (AvgIpc) is 2.89. The molecule has 0 heterocycles. The van der Waals surface area contributed by atoms with Gasteiger partial charge in [-0.3, -0.25) is 9.59 Å². The summed E-state index contributed by atoms with van der Waals surface area (Å²) in [5.41, 5.74) is 0.